The Hall–Kier alpha value is -0.990. The number of benzene rings is 1. The fourth-order valence-corrected chi connectivity index (χ4v) is 2.08. The summed E-state index contributed by atoms with van der Waals surface area (Å²) in [6, 6.07) is 8.15. The molecular formula is C13H16ClNO. The second-order valence-corrected chi connectivity index (χ2v) is 4.38. The number of nitrogens with zero attached hydrogens (tertiary/aromatic N) is 1. The summed E-state index contributed by atoms with van der Waals surface area (Å²) in [6.45, 7) is 1.94. The maximum Gasteiger partial charge on any atom is 0.134 e. The highest BCUT2D eigenvalue weighted by Crippen LogP contribution is 2.20. The minimum atomic E-state index is 0.683. The largest absolute Gasteiger partial charge is 0.464 e. The van der Waals surface area contributed by atoms with Crippen LogP contribution in [0.3, 0.4) is 0 Å². The maximum absolute atomic E-state index is 5.69. The van der Waals surface area contributed by atoms with Crippen molar-refractivity contribution in [2.24, 2.45) is 0 Å². The molecule has 0 saturated carbocycles. The lowest BCUT2D eigenvalue weighted by molar-refractivity contribution is 0.359. The molecule has 0 fully saturated rings. The standard InChI is InChI=1S/C13H16ClNO/c1-15(9-7-14)8-6-11-10-16-13-5-3-2-4-12(11)13/h2-5,10H,6-9H2,1H3. The molecule has 1 heterocycles. The van der Waals surface area contributed by atoms with Crippen LogP contribution in [-0.2, 0) is 6.42 Å². The lowest BCUT2D eigenvalue weighted by Gasteiger charge is -2.13. The molecule has 1 aromatic heterocycles. The first-order valence-electron chi connectivity index (χ1n) is 5.51. The Kier molecular flexibility index (Phi) is 3.86. The molecule has 0 saturated heterocycles. The van der Waals surface area contributed by atoms with Gasteiger partial charge in [-0.25, -0.2) is 0 Å². The van der Waals surface area contributed by atoms with Gasteiger partial charge in [-0.2, -0.15) is 0 Å². The lowest BCUT2D eigenvalue weighted by Crippen LogP contribution is -2.23. The van der Waals surface area contributed by atoms with E-state index in [1.165, 1.54) is 10.9 Å². The second kappa shape index (κ2) is 5.37. The van der Waals surface area contributed by atoms with Crippen LogP contribution in [0.5, 0.6) is 0 Å². The number of likely N-dealkylation sites (N-methyl/N-ethyl adjacent to an activating group) is 1. The SMILES string of the molecule is CN(CCCl)CCc1coc2ccccc12. The molecule has 2 nitrogen and oxygen atoms in total. The van der Waals surface area contributed by atoms with Gasteiger partial charge in [0.05, 0.1) is 6.26 Å². The molecule has 3 heteroatoms. The fourth-order valence-electron chi connectivity index (χ4n) is 1.79. The molecule has 2 aromatic rings. The molecule has 0 aliphatic heterocycles. The predicted octanol–water partition coefficient (Wildman–Crippen LogP) is 3.15. The van der Waals surface area contributed by atoms with Gasteiger partial charge in [0, 0.05) is 24.4 Å². The van der Waals surface area contributed by atoms with E-state index in [9.17, 15) is 0 Å². The minimum absolute atomic E-state index is 0.683. The summed E-state index contributed by atoms with van der Waals surface area (Å²) in [6.07, 6.45) is 2.86. The third-order valence-corrected chi connectivity index (χ3v) is 2.96. The molecule has 0 radical (unpaired) electrons. The van der Waals surface area contributed by atoms with Crippen LogP contribution in [0.15, 0.2) is 34.9 Å². The van der Waals surface area contributed by atoms with E-state index in [4.69, 9.17) is 16.0 Å². The van der Waals surface area contributed by atoms with Crippen molar-refractivity contribution in [3.05, 3.63) is 36.1 Å². The van der Waals surface area contributed by atoms with E-state index < -0.39 is 0 Å². The first kappa shape index (κ1) is 11.5. The van der Waals surface area contributed by atoms with Crippen LogP contribution in [0.1, 0.15) is 5.56 Å². The van der Waals surface area contributed by atoms with E-state index in [0.29, 0.717) is 5.88 Å². The van der Waals surface area contributed by atoms with E-state index in [-0.39, 0.29) is 0 Å². The zero-order valence-electron chi connectivity index (χ0n) is 9.45. The molecule has 0 aliphatic carbocycles. The molecule has 86 valence electrons. The van der Waals surface area contributed by atoms with Crippen molar-refractivity contribution in [3.63, 3.8) is 0 Å². The van der Waals surface area contributed by atoms with Crippen LogP contribution in [0.2, 0.25) is 0 Å². The molecule has 16 heavy (non-hydrogen) atoms. The van der Waals surface area contributed by atoms with Gasteiger partial charge in [0.25, 0.3) is 0 Å². The molecular weight excluding hydrogens is 222 g/mol. The smallest absolute Gasteiger partial charge is 0.134 e. The van der Waals surface area contributed by atoms with Crippen LogP contribution >= 0.6 is 11.6 Å². The summed E-state index contributed by atoms with van der Waals surface area (Å²) in [5.41, 5.74) is 2.24. The van der Waals surface area contributed by atoms with Crippen LogP contribution < -0.4 is 0 Å². The highest BCUT2D eigenvalue weighted by Gasteiger charge is 2.05. The summed E-state index contributed by atoms with van der Waals surface area (Å²) in [5.74, 6) is 0.683. The Balaban J connectivity index is 2.04. The summed E-state index contributed by atoms with van der Waals surface area (Å²) >= 11 is 5.69. The van der Waals surface area contributed by atoms with Crippen molar-refractivity contribution in [1.29, 1.82) is 0 Å². The Bertz CT molecular complexity index is 452. The molecule has 0 N–H and O–H groups in total. The summed E-state index contributed by atoms with van der Waals surface area (Å²) in [7, 11) is 2.09. The van der Waals surface area contributed by atoms with Gasteiger partial charge in [0.1, 0.15) is 5.58 Å². The van der Waals surface area contributed by atoms with Crippen molar-refractivity contribution in [2.45, 2.75) is 6.42 Å². The number of hydrogen-bond donors (Lipinski definition) is 0. The molecule has 0 amide bonds. The zero-order valence-corrected chi connectivity index (χ0v) is 10.2. The third-order valence-electron chi connectivity index (χ3n) is 2.79. The van der Waals surface area contributed by atoms with Crippen molar-refractivity contribution >= 4 is 22.6 Å². The number of hydrogen-bond acceptors (Lipinski definition) is 2. The predicted molar refractivity (Wildman–Crippen MR) is 68.1 cm³/mol. The Morgan fingerprint density at radius 2 is 2.06 bits per heavy atom. The van der Waals surface area contributed by atoms with Gasteiger partial charge in [0.15, 0.2) is 0 Å². The number of fused-ring (bicyclic) bond motifs is 1. The Morgan fingerprint density at radius 1 is 1.25 bits per heavy atom. The van der Waals surface area contributed by atoms with Crippen molar-refractivity contribution in [2.75, 3.05) is 26.0 Å². The third kappa shape index (κ3) is 2.57. The van der Waals surface area contributed by atoms with Crippen molar-refractivity contribution in [3.8, 4) is 0 Å². The first-order valence-corrected chi connectivity index (χ1v) is 6.04. The van der Waals surface area contributed by atoms with E-state index >= 15 is 0 Å². The van der Waals surface area contributed by atoms with E-state index in [2.05, 4.69) is 18.0 Å². The fraction of sp³-hybridized carbons (Fsp3) is 0.385. The molecule has 0 spiro atoms. The molecule has 0 bridgehead atoms. The Labute approximate surface area is 101 Å². The average molecular weight is 238 g/mol. The molecule has 0 aliphatic rings. The van der Waals surface area contributed by atoms with E-state index in [1.807, 2.05) is 24.5 Å². The molecule has 0 unspecified atom stereocenters. The second-order valence-electron chi connectivity index (χ2n) is 4.00. The molecule has 0 atom stereocenters. The highest BCUT2D eigenvalue weighted by atomic mass is 35.5. The van der Waals surface area contributed by atoms with Crippen LogP contribution in [0.4, 0.5) is 0 Å². The molecule has 1 aromatic carbocycles. The number of rotatable bonds is 5. The van der Waals surface area contributed by atoms with Gasteiger partial charge in [-0.3, -0.25) is 0 Å². The van der Waals surface area contributed by atoms with Gasteiger partial charge in [-0.1, -0.05) is 18.2 Å². The average Bonchev–Trinajstić information content (AvgIpc) is 2.70. The van der Waals surface area contributed by atoms with Crippen molar-refractivity contribution < 1.29 is 4.42 Å². The van der Waals surface area contributed by atoms with Gasteiger partial charge in [-0.05, 0) is 25.1 Å². The highest BCUT2D eigenvalue weighted by molar-refractivity contribution is 6.18. The summed E-state index contributed by atoms with van der Waals surface area (Å²) in [5, 5.41) is 1.22. The van der Waals surface area contributed by atoms with Gasteiger partial charge >= 0.3 is 0 Å². The van der Waals surface area contributed by atoms with Crippen molar-refractivity contribution in [1.82, 2.24) is 4.90 Å². The zero-order chi connectivity index (χ0) is 11.4. The van der Waals surface area contributed by atoms with Crippen LogP contribution in [0.25, 0.3) is 11.0 Å². The van der Waals surface area contributed by atoms with E-state index in [0.717, 1.165) is 25.1 Å². The number of furan rings is 1. The summed E-state index contributed by atoms with van der Waals surface area (Å²) in [4.78, 5) is 2.23. The Morgan fingerprint density at radius 3 is 2.88 bits per heavy atom. The lowest BCUT2D eigenvalue weighted by atomic mass is 10.1. The first-order chi connectivity index (χ1) is 7.81. The normalized spacial score (nSPS) is 11.4. The topological polar surface area (TPSA) is 16.4 Å². The van der Waals surface area contributed by atoms with Gasteiger partial charge < -0.3 is 9.32 Å². The number of alkyl halides is 1. The minimum Gasteiger partial charge on any atom is -0.464 e. The summed E-state index contributed by atoms with van der Waals surface area (Å²) < 4.78 is 5.50. The monoisotopic (exact) mass is 237 g/mol. The maximum atomic E-state index is 5.69. The van der Waals surface area contributed by atoms with Crippen LogP contribution in [0, 0.1) is 0 Å². The number of halogens is 1. The van der Waals surface area contributed by atoms with Gasteiger partial charge in [-0.15, -0.1) is 11.6 Å². The quantitative estimate of drug-likeness (QED) is 0.743. The van der Waals surface area contributed by atoms with Crippen LogP contribution in [-0.4, -0.2) is 30.9 Å². The number of para-hydroxylation sites is 1. The van der Waals surface area contributed by atoms with Gasteiger partial charge in [0.2, 0.25) is 0 Å². The van der Waals surface area contributed by atoms with E-state index in [1.54, 1.807) is 0 Å². The molecule has 2 rings (SSSR count).